The van der Waals surface area contributed by atoms with Gasteiger partial charge in [0.2, 0.25) is 5.91 Å². The second kappa shape index (κ2) is 7.69. The first-order valence-electron chi connectivity index (χ1n) is 11.1. The summed E-state index contributed by atoms with van der Waals surface area (Å²) in [5.74, 6) is -0.386. The molecule has 1 saturated heterocycles. The Bertz CT molecular complexity index is 1220. The van der Waals surface area contributed by atoms with Gasteiger partial charge in [0, 0.05) is 29.0 Å². The molecule has 2 atom stereocenters. The highest BCUT2D eigenvalue weighted by Gasteiger charge is 2.56. The van der Waals surface area contributed by atoms with Crippen LogP contribution in [-0.2, 0) is 9.59 Å². The molecule has 1 aromatic carbocycles. The first kappa shape index (κ1) is 21.6. The van der Waals surface area contributed by atoms with E-state index in [1.807, 2.05) is 34.3 Å². The van der Waals surface area contributed by atoms with E-state index in [1.54, 1.807) is 23.5 Å². The Balaban J connectivity index is 1.25. The van der Waals surface area contributed by atoms with Gasteiger partial charge in [-0.2, -0.15) is 0 Å². The minimum atomic E-state index is -0.904. The number of benzene rings is 1. The molecule has 33 heavy (non-hydrogen) atoms. The van der Waals surface area contributed by atoms with Crippen LogP contribution in [0.25, 0.3) is 16.2 Å². The highest BCUT2D eigenvalue weighted by Crippen LogP contribution is 2.46. The van der Waals surface area contributed by atoms with Gasteiger partial charge in [-0.05, 0) is 42.7 Å². The summed E-state index contributed by atoms with van der Waals surface area (Å²) in [5.41, 5.74) is 1.44. The number of imidazole rings is 1. The summed E-state index contributed by atoms with van der Waals surface area (Å²) in [6.45, 7) is 6.04. The van der Waals surface area contributed by atoms with Gasteiger partial charge < -0.3 is 10.6 Å². The number of imide groups is 1. The van der Waals surface area contributed by atoms with E-state index in [4.69, 9.17) is 0 Å². The van der Waals surface area contributed by atoms with Gasteiger partial charge in [0.15, 0.2) is 4.96 Å². The van der Waals surface area contributed by atoms with Gasteiger partial charge in [0.05, 0.1) is 5.69 Å². The van der Waals surface area contributed by atoms with Crippen LogP contribution in [0.2, 0.25) is 0 Å². The van der Waals surface area contributed by atoms with Crippen LogP contribution in [0.1, 0.15) is 40.0 Å². The van der Waals surface area contributed by atoms with Gasteiger partial charge in [0.1, 0.15) is 12.1 Å². The lowest BCUT2D eigenvalue weighted by Crippen LogP contribution is -2.54. The molecule has 3 aromatic rings. The third kappa shape index (κ3) is 4.01. The van der Waals surface area contributed by atoms with Crippen molar-refractivity contribution in [2.75, 3.05) is 11.9 Å². The minimum Gasteiger partial charge on any atom is -0.325 e. The largest absolute Gasteiger partial charge is 0.325 e. The molecule has 9 heteroatoms. The smallest absolute Gasteiger partial charge is 0.325 e. The molecule has 1 aliphatic carbocycles. The van der Waals surface area contributed by atoms with E-state index in [1.165, 1.54) is 0 Å². The van der Waals surface area contributed by atoms with Gasteiger partial charge >= 0.3 is 6.03 Å². The lowest BCUT2D eigenvalue weighted by molar-refractivity contribution is -0.136. The zero-order valence-corrected chi connectivity index (χ0v) is 19.7. The van der Waals surface area contributed by atoms with E-state index in [0.717, 1.165) is 27.5 Å². The van der Waals surface area contributed by atoms with E-state index < -0.39 is 17.5 Å². The van der Waals surface area contributed by atoms with Crippen molar-refractivity contribution >= 4 is 39.8 Å². The molecule has 1 aliphatic heterocycles. The van der Waals surface area contributed by atoms with Crippen molar-refractivity contribution in [3.63, 3.8) is 0 Å². The van der Waals surface area contributed by atoms with Crippen molar-refractivity contribution in [2.45, 2.75) is 45.6 Å². The van der Waals surface area contributed by atoms with Gasteiger partial charge in [-0.1, -0.05) is 32.9 Å². The molecule has 2 fully saturated rings. The lowest BCUT2D eigenvalue weighted by atomic mass is 9.64. The molecule has 172 valence electrons. The van der Waals surface area contributed by atoms with E-state index >= 15 is 0 Å². The maximum Gasteiger partial charge on any atom is 0.325 e. The van der Waals surface area contributed by atoms with E-state index in [0.29, 0.717) is 24.4 Å². The maximum absolute atomic E-state index is 13.2. The topological polar surface area (TPSA) is 95.8 Å². The molecule has 0 bridgehead atoms. The molecule has 2 unspecified atom stereocenters. The van der Waals surface area contributed by atoms with Crippen LogP contribution < -0.4 is 10.6 Å². The zero-order valence-electron chi connectivity index (χ0n) is 18.9. The number of aromatic nitrogens is 2. The van der Waals surface area contributed by atoms with E-state index in [9.17, 15) is 14.4 Å². The van der Waals surface area contributed by atoms with Crippen LogP contribution in [0.15, 0.2) is 42.0 Å². The summed E-state index contributed by atoms with van der Waals surface area (Å²) in [5, 5.41) is 7.68. The predicted octanol–water partition coefficient (Wildman–Crippen LogP) is 4.14. The fourth-order valence-corrected chi connectivity index (χ4v) is 6.28. The molecule has 4 amide bonds. The normalized spacial score (nSPS) is 24.5. The highest BCUT2D eigenvalue weighted by molar-refractivity contribution is 7.15. The number of fused-ring (bicyclic) bond motifs is 1. The van der Waals surface area contributed by atoms with Gasteiger partial charge in [-0.25, -0.2) is 9.78 Å². The van der Waals surface area contributed by atoms with Crippen molar-refractivity contribution in [3.05, 3.63) is 42.0 Å². The zero-order chi connectivity index (χ0) is 23.4. The third-order valence-corrected chi connectivity index (χ3v) is 7.25. The standard InChI is InChI=1S/C24H27N5O3S/c1-15-10-23(2,3)14-24(11-15)20(31)29(21(32)27-24)13-19(30)25-17-6-4-16(5-7-17)18-12-28-8-9-33-22(28)26-18/h4-9,12,15H,10-11,13-14H2,1-3H3,(H,25,30)(H,27,32). The Morgan fingerprint density at radius 1 is 1.24 bits per heavy atom. The van der Waals surface area contributed by atoms with Crippen molar-refractivity contribution in [2.24, 2.45) is 11.3 Å². The number of rotatable bonds is 4. The van der Waals surface area contributed by atoms with Crippen molar-refractivity contribution in [3.8, 4) is 11.3 Å². The molecular weight excluding hydrogens is 438 g/mol. The predicted molar refractivity (Wildman–Crippen MR) is 127 cm³/mol. The lowest BCUT2D eigenvalue weighted by Gasteiger charge is -2.43. The Hall–Kier alpha value is -3.20. The van der Waals surface area contributed by atoms with Gasteiger partial charge in [0.25, 0.3) is 5.91 Å². The number of nitrogens with one attached hydrogen (secondary N) is 2. The first-order chi connectivity index (χ1) is 15.6. The van der Waals surface area contributed by atoms with Crippen LogP contribution >= 0.6 is 11.3 Å². The summed E-state index contributed by atoms with van der Waals surface area (Å²) in [7, 11) is 0. The number of amides is 4. The number of thiazole rings is 1. The molecule has 0 radical (unpaired) electrons. The number of nitrogens with zero attached hydrogens (tertiary/aromatic N) is 3. The number of hydrogen-bond donors (Lipinski definition) is 2. The number of carbonyl (C=O) groups excluding carboxylic acids is 3. The summed E-state index contributed by atoms with van der Waals surface area (Å²) >= 11 is 1.57. The first-order valence-corrected chi connectivity index (χ1v) is 12.0. The Morgan fingerprint density at radius 2 is 2.00 bits per heavy atom. The van der Waals surface area contributed by atoms with Crippen LogP contribution in [0, 0.1) is 11.3 Å². The average Bonchev–Trinajstić information content (AvgIpc) is 3.37. The molecule has 2 N–H and O–H groups in total. The average molecular weight is 466 g/mol. The second-order valence-electron chi connectivity index (χ2n) is 10.1. The molecule has 2 aromatic heterocycles. The summed E-state index contributed by atoms with van der Waals surface area (Å²) in [6.07, 6.45) is 6.11. The van der Waals surface area contributed by atoms with Crippen molar-refractivity contribution in [1.82, 2.24) is 19.6 Å². The quantitative estimate of drug-likeness (QED) is 0.566. The summed E-state index contributed by atoms with van der Waals surface area (Å²) in [4.78, 5) is 45.1. The van der Waals surface area contributed by atoms with Crippen LogP contribution in [0.3, 0.4) is 0 Å². The molecular formula is C24H27N5O3S. The summed E-state index contributed by atoms with van der Waals surface area (Å²) in [6, 6.07) is 6.86. The fraction of sp³-hybridized carbons (Fsp3) is 0.417. The summed E-state index contributed by atoms with van der Waals surface area (Å²) < 4.78 is 1.97. The molecule has 3 heterocycles. The van der Waals surface area contributed by atoms with Crippen LogP contribution in [0.5, 0.6) is 0 Å². The van der Waals surface area contributed by atoms with E-state index in [2.05, 4.69) is 36.4 Å². The Kier molecular flexibility index (Phi) is 5.04. The van der Waals surface area contributed by atoms with Crippen LogP contribution in [-0.4, -0.2) is 44.2 Å². The SMILES string of the molecule is CC1CC(C)(C)CC2(C1)NC(=O)N(CC(=O)Nc1ccc(-c3cn4ccsc4n3)cc1)C2=O. The minimum absolute atomic E-state index is 0.0508. The Morgan fingerprint density at radius 3 is 2.70 bits per heavy atom. The number of anilines is 1. The molecule has 8 nitrogen and oxygen atoms in total. The number of carbonyl (C=O) groups is 3. The molecule has 1 spiro atoms. The van der Waals surface area contributed by atoms with Gasteiger partial charge in [-0.15, -0.1) is 11.3 Å². The molecule has 1 saturated carbocycles. The van der Waals surface area contributed by atoms with E-state index in [-0.39, 0.29) is 17.9 Å². The second-order valence-corrected chi connectivity index (χ2v) is 11.0. The van der Waals surface area contributed by atoms with Crippen LogP contribution in [0.4, 0.5) is 10.5 Å². The Labute approximate surface area is 196 Å². The monoisotopic (exact) mass is 465 g/mol. The van der Waals surface area contributed by atoms with Crippen molar-refractivity contribution in [1.29, 1.82) is 0 Å². The van der Waals surface area contributed by atoms with Crippen molar-refractivity contribution < 1.29 is 14.4 Å². The van der Waals surface area contributed by atoms with Gasteiger partial charge in [-0.3, -0.25) is 18.9 Å². The number of urea groups is 1. The molecule has 2 aliphatic rings. The molecule has 5 rings (SSSR count). The third-order valence-electron chi connectivity index (χ3n) is 6.48. The maximum atomic E-state index is 13.2. The fourth-order valence-electron chi connectivity index (χ4n) is 5.58. The number of hydrogen-bond acceptors (Lipinski definition) is 5. The highest BCUT2D eigenvalue weighted by atomic mass is 32.1.